The molecule has 0 spiro atoms. The Hall–Kier alpha value is -0.710. The van der Waals surface area contributed by atoms with Gasteiger partial charge >= 0.3 is 0 Å². The highest BCUT2D eigenvalue weighted by atomic mass is 19.3. The smallest absolute Gasteiger partial charge is 0.255 e. The number of carbonyl (C=O) groups is 1. The molecule has 5 heteroatoms. The quantitative estimate of drug-likeness (QED) is 0.678. The summed E-state index contributed by atoms with van der Waals surface area (Å²) in [6.45, 7) is 0.989. The van der Waals surface area contributed by atoms with Crippen LogP contribution < -0.4 is 10.6 Å². The Bertz CT molecular complexity index is 170. The molecule has 0 aromatic heterocycles. The minimum Gasteiger partial charge on any atom is -0.350 e. The van der Waals surface area contributed by atoms with Crippen LogP contribution in [0, 0.1) is 5.92 Å². The number of carbonyl (C=O) groups excluding carboxylic acids is 1. The molecule has 1 atom stereocenters. The van der Waals surface area contributed by atoms with Crippen molar-refractivity contribution in [1.29, 1.82) is 0 Å². The molecule has 1 heterocycles. The SMILES string of the molecule is O=C(NCC(F)F)[C@@H]1CCCNC1. The monoisotopic (exact) mass is 192 g/mol. The number of alkyl halides is 2. The van der Waals surface area contributed by atoms with Gasteiger partial charge in [0.25, 0.3) is 6.43 Å². The number of halogens is 2. The number of hydrogen-bond donors (Lipinski definition) is 2. The van der Waals surface area contributed by atoms with Gasteiger partial charge in [-0.15, -0.1) is 0 Å². The molecule has 13 heavy (non-hydrogen) atoms. The van der Waals surface area contributed by atoms with Crippen LogP contribution in [0.2, 0.25) is 0 Å². The van der Waals surface area contributed by atoms with Crippen molar-refractivity contribution in [1.82, 2.24) is 10.6 Å². The predicted octanol–water partition coefficient (Wildman–Crippen LogP) is 0.367. The molecule has 1 aliphatic rings. The van der Waals surface area contributed by atoms with Gasteiger partial charge in [0.1, 0.15) is 0 Å². The first kappa shape index (κ1) is 10.4. The van der Waals surface area contributed by atoms with Crippen LogP contribution in [0.3, 0.4) is 0 Å². The first-order valence-corrected chi connectivity index (χ1v) is 4.46. The van der Waals surface area contributed by atoms with Crippen molar-refractivity contribution in [2.75, 3.05) is 19.6 Å². The summed E-state index contributed by atoms with van der Waals surface area (Å²) in [5, 5.41) is 5.28. The van der Waals surface area contributed by atoms with E-state index in [1.54, 1.807) is 0 Å². The van der Waals surface area contributed by atoms with Crippen molar-refractivity contribution in [2.24, 2.45) is 5.92 Å². The van der Waals surface area contributed by atoms with Crippen LogP contribution >= 0.6 is 0 Å². The second kappa shape index (κ2) is 5.11. The minimum atomic E-state index is -2.46. The Labute approximate surface area is 75.9 Å². The Morgan fingerprint density at radius 2 is 2.38 bits per heavy atom. The molecule has 0 unspecified atom stereocenters. The molecule has 0 bridgehead atoms. The zero-order valence-electron chi connectivity index (χ0n) is 7.35. The number of rotatable bonds is 3. The number of piperidine rings is 1. The van der Waals surface area contributed by atoms with Gasteiger partial charge in [-0.3, -0.25) is 4.79 Å². The third-order valence-electron chi connectivity index (χ3n) is 2.10. The fourth-order valence-electron chi connectivity index (χ4n) is 1.40. The van der Waals surface area contributed by atoms with Crippen LogP contribution in [0.15, 0.2) is 0 Å². The lowest BCUT2D eigenvalue weighted by molar-refractivity contribution is -0.126. The molecule has 0 aromatic carbocycles. The van der Waals surface area contributed by atoms with E-state index in [4.69, 9.17) is 0 Å². The molecule has 1 rings (SSSR count). The van der Waals surface area contributed by atoms with Crippen LogP contribution in [0.5, 0.6) is 0 Å². The third kappa shape index (κ3) is 3.67. The second-order valence-corrected chi connectivity index (χ2v) is 3.18. The Balaban J connectivity index is 2.21. The highest BCUT2D eigenvalue weighted by Crippen LogP contribution is 2.09. The molecule has 3 nitrogen and oxygen atoms in total. The van der Waals surface area contributed by atoms with Crippen molar-refractivity contribution in [2.45, 2.75) is 19.3 Å². The lowest BCUT2D eigenvalue weighted by Crippen LogP contribution is -2.41. The Morgan fingerprint density at radius 1 is 1.62 bits per heavy atom. The molecule has 0 aromatic rings. The summed E-state index contributed by atoms with van der Waals surface area (Å²) in [6, 6.07) is 0. The van der Waals surface area contributed by atoms with Gasteiger partial charge in [0.15, 0.2) is 0 Å². The van der Waals surface area contributed by atoms with E-state index in [9.17, 15) is 13.6 Å². The van der Waals surface area contributed by atoms with Gasteiger partial charge in [-0.25, -0.2) is 8.78 Å². The molecule has 0 aliphatic carbocycles. The third-order valence-corrected chi connectivity index (χ3v) is 2.10. The van der Waals surface area contributed by atoms with Crippen LogP contribution in [0.1, 0.15) is 12.8 Å². The maximum absolute atomic E-state index is 11.7. The van der Waals surface area contributed by atoms with E-state index < -0.39 is 13.0 Å². The molecular formula is C8H14F2N2O. The summed E-state index contributed by atoms with van der Waals surface area (Å²) >= 11 is 0. The van der Waals surface area contributed by atoms with E-state index in [2.05, 4.69) is 10.6 Å². The lowest BCUT2D eigenvalue weighted by Gasteiger charge is -2.21. The minimum absolute atomic E-state index is 0.132. The van der Waals surface area contributed by atoms with Gasteiger partial charge in [-0.2, -0.15) is 0 Å². The summed E-state index contributed by atoms with van der Waals surface area (Å²) in [5.41, 5.74) is 0. The summed E-state index contributed by atoms with van der Waals surface area (Å²) < 4.78 is 23.5. The summed E-state index contributed by atoms with van der Waals surface area (Å²) in [7, 11) is 0. The fraction of sp³-hybridized carbons (Fsp3) is 0.875. The standard InChI is InChI=1S/C8H14F2N2O/c9-7(10)5-12-8(13)6-2-1-3-11-4-6/h6-7,11H,1-5H2,(H,12,13)/t6-/m1/s1. The zero-order chi connectivity index (χ0) is 9.68. The first-order valence-electron chi connectivity index (χ1n) is 4.46. The van der Waals surface area contributed by atoms with Gasteiger partial charge < -0.3 is 10.6 Å². The fourth-order valence-corrected chi connectivity index (χ4v) is 1.40. The van der Waals surface area contributed by atoms with Crippen LogP contribution in [0.25, 0.3) is 0 Å². The average Bonchev–Trinajstić information content (AvgIpc) is 2.15. The number of hydrogen-bond acceptors (Lipinski definition) is 2. The van der Waals surface area contributed by atoms with Crippen LogP contribution in [-0.4, -0.2) is 32.0 Å². The highest BCUT2D eigenvalue weighted by molar-refractivity contribution is 5.78. The van der Waals surface area contributed by atoms with Crippen molar-refractivity contribution < 1.29 is 13.6 Å². The van der Waals surface area contributed by atoms with Gasteiger partial charge in [0.2, 0.25) is 5.91 Å². The van der Waals surface area contributed by atoms with Crippen molar-refractivity contribution in [3.63, 3.8) is 0 Å². The molecule has 76 valence electrons. The van der Waals surface area contributed by atoms with Crippen molar-refractivity contribution in [3.8, 4) is 0 Å². The molecule has 1 saturated heterocycles. The van der Waals surface area contributed by atoms with E-state index in [1.165, 1.54) is 0 Å². The zero-order valence-corrected chi connectivity index (χ0v) is 7.35. The lowest BCUT2D eigenvalue weighted by atomic mass is 9.99. The van der Waals surface area contributed by atoms with Gasteiger partial charge in [-0.1, -0.05) is 0 Å². The van der Waals surface area contributed by atoms with E-state index in [0.717, 1.165) is 19.4 Å². The largest absolute Gasteiger partial charge is 0.350 e. The second-order valence-electron chi connectivity index (χ2n) is 3.18. The van der Waals surface area contributed by atoms with E-state index in [-0.39, 0.29) is 11.8 Å². The normalized spacial score (nSPS) is 23.2. The topological polar surface area (TPSA) is 41.1 Å². The maximum atomic E-state index is 11.7. The first-order chi connectivity index (χ1) is 6.20. The molecule has 1 aliphatic heterocycles. The van der Waals surface area contributed by atoms with Gasteiger partial charge in [0.05, 0.1) is 12.5 Å². The summed E-state index contributed by atoms with van der Waals surface area (Å²) in [6.07, 6.45) is -0.727. The average molecular weight is 192 g/mol. The van der Waals surface area contributed by atoms with Crippen LogP contribution in [-0.2, 0) is 4.79 Å². The number of nitrogens with one attached hydrogen (secondary N) is 2. The van der Waals surface area contributed by atoms with Crippen molar-refractivity contribution in [3.05, 3.63) is 0 Å². The van der Waals surface area contributed by atoms with E-state index in [0.29, 0.717) is 6.54 Å². The number of amides is 1. The molecule has 1 amide bonds. The highest BCUT2D eigenvalue weighted by Gasteiger charge is 2.20. The van der Waals surface area contributed by atoms with Crippen molar-refractivity contribution >= 4 is 5.91 Å². The molecule has 2 N–H and O–H groups in total. The Kier molecular flexibility index (Phi) is 4.08. The molecule has 0 saturated carbocycles. The summed E-state index contributed by atoms with van der Waals surface area (Å²) in [4.78, 5) is 11.2. The van der Waals surface area contributed by atoms with Gasteiger partial charge in [-0.05, 0) is 19.4 Å². The molecule has 1 fully saturated rings. The summed E-state index contributed by atoms with van der Waals surface area (Å²) in [5.74, 6) is -0.389. The molecular weight excluding hydrogens is 178 g/mol. The van der Waals surface area contributed by atoms with Crippen LogP contribution in [0.4, 0.5) is 8.78 Å². The molecule has 0 radical (unpaired) electrons. The Morgan fingerprint density at radius 3 is 2.92 bits per heavy atom. The van der Waals surface area contributed by atoms with Gasteiger partial charge in [0, 0.05) is 6.54 Å². The van der Waals surface area contributed by atoms with E-state index in [1.807, 2.05) is 0 Å². The maximum Gasteiger partial charge on any atom is 0.255 e. The van der Waals surface area contributed by atoms with E-state index >= 15 is 0 Å². The predicted molar refractivity (Wildman–Crippen MR) is 44.6 cm³/mol.